The summed E-state index contributed by atoms with van der Waals surface area (Å²) in [5.41, 5.74) is 0. The second kappa shape index (κ2) is 3.49. The van der Waals surface area contributed by atoms with Crippen LogP contribution < -0.4 is 0 Å². The molecule has 0 saturated heterocycles. The Morgan fingerprint density at radius 3 is 2.29 bits per heavy atom. The van der Waals surface area contributed by atoms with Crippen LogP contribution >= 0.6 is 0 Å². The van der Waals surface area contributed by atoms with Crippen LogP contribution in [0.5, 0.6) is 0 Å². The molecule has 0 aromatic heterocycles. The van der Waals surface area contributed by atoms with Gasteiger partial charge >= 0.3 is 0 Å². The molecule has 0 aliphatic carbocycles. The van der Waals surface area contributed by atoms with Crippen LogP contribution in [0.1, 0.15) is 6.42 Å². The molecule has 0 fully saturated rings. The minimum atomic E-state index is -1.10. The average Bonchev–Trinajstić information content (AvgIpc) is 1.68. The average molecular weight is 102 g/mol. The first-order valence-electron chi connectivity index (χ1n) is 1.88. The Hall–Kier alpha value is -0.700. The van der Waals surface area contributed by atoms with E-state index in [-0.39, 0.29) is 6.42 Å². The zero-order chi connectivity index (χ0) is 5.70. The number of hydrogen-bond acceptors (Lipinski definition) is 3. The van der Waals surface area contributed by atoms with E-state index in [9.17, 15) is 9.59 Å². The van der Waals surface area contributed by atoms with Crippen LogP contribution in [0.3, 0.4) is 0 Å². The number of carbonyl (C=O) groups is 2. The first kappa shape index (κ1) is 6.30. The van der Waals surface area contributed by atoms with Gasteiger partial charge in [-0.1, -0.05) is 0 Å². The molecule has 0 aliphatic heterocycles. The van der Waals surface area contributed by atoms with Gasteiger partial charge in [0.2, 0.25) is 0 Å². The quantitative estimate of drug-likeness (QED) is 0.471. The van der Waals surface area contributed by atoms with Gasteiger partial charge in [-0.05, 0) is 0 Å². The summed E-state index contributed by atoms with van der Waals surface area (Å²) in [7, 11) is 0. The predicted octanol–water partition coefficient (Wildman–Crippen LogP) is -0.865. The van der Waals surface area contributed by atoms with Gasteiger partial charge in [0.1, 0.15) is 18.7 Å². The van der Waals surface area contributed by atoms with Crippen LogP contribution in [0, 0.1) is 0 Å². The lowest BCUT2D eigenvalue weighted by Gasteiger charge is -1.88. The van der Waals surface area contributed by atoms with Crippen molar-refractivity contribution in [3.63, 3.8) is 0 Å². The molecule has 0 radical (unpaired) electrons. The van der Waals surface area contributed by atoms with Gasteiger partial charge in [0.05, 0.1) is 0 Å². The third kappa shape index (κ3) is 3.12. The van der Waals surface area contributed by atoms with Gasteiger partial charge < -0.3 is 14.7 Å². The van der Waals surface area contributed by atoms with E-state index >= 15 is 0 Å². The summed E-state index contributed by atoms with van der Waals surface area (Å²) < 4.78 is 0. The van der Waals surface area contributed by atoms with E-state index in [1.807, 2.05) is 0 Å². The van der Waals surface area contributed by atoms with Crippen molar-refractivity contribution in [2.24, 2.45) is 0 Å². The SMILES string of the molecule is O=CCC(O)C=O. The standard InChI is InChI=1S/C4H6O3/c5-2-1-4(7)3-6/h2-4,7H,1H2. The first-order valence-corrected chi connectivity index (χ1v) is 1.88. The fraction of sp³-hybridized carbons (Fsp3) is 0.500. The summed E-state index contributed by atoms with van der Waals surface area (Å²) in [4.78, 5) is 18.9. The molecule has 0 bridgehead atoms. The van der Waals surface area contributed by atoms with Crippen molar-refractivity contribution in [2.45, 2.75) is 12.5 Å². The third-order valence-electron chi connectivity index (χ3n) is 0.495. The molecule has 0 rings (SSSR count). The van der Waals surface area contributed by atoms with Crippen LogP contribution in [-0.2, 0) is 9.59 Å². The monoisotopic (exact) mass is 102 g/mol. The van der Waals surface area contributed by atoms with Crippen LogP contribution in [-0.4, -0.2) is 23.8 Å². The number of aliphatic hydroxyl groups excluding tert-OH is 1. The largest absolute Gasteiger partial charge is 0.385 e. The predicted molar refractivity (Wildman–Crippen MR) is 22.8 cm³/mol. The van der Waals surface area contributed by atoms with Gasteiger partial charge in [-0.3, -0.25) is 0 Å². The summed E-state index contributed by atoms with van der Waals surface area (Å²) >= 11 is 0. The molecule has 0 amide bonds. The molecule has 1 unspecified atom stereocenters. The van der Waals surface area contributed by atoms with Crippen molar-refractivity contribution in [2.75, 3.05) is 0 Å². The van der Waals surface area contributed by atoms with E-state index in [2.05, 4.69) is 0 Å². The van der Waals surface area contributed by atoms with Crippen LogP contribution in [0.4, 0.5) is 0 Å². The fourth-order valence-corrected chi connectivity index (χ4v) is 0.154. The Balaban J connectivity index is 3.15. The molecule has 0 saturated carbocycles. The highest BCUT2D eigenvalue weighted by Gasteiger charge is 1.95. The smallest absolute Gasteiger partial charge is 0.148 e. The van der Waals surface area contributed by atoms with Gasteiger partial charge in [0, 0.05) is 6.42 Å². The highest BCUT2D eigenvalue weighted by Crippen LogP contribution is 1.78. The van der Waals surface area contributed by atoms with E-state index in [1.54, 1.807) is 0 Å². The minimum Gasteiger partial charge on any atom is -0.385 e. The maximum atomic E-state index is 9.49. The molecule has 1 atom stereocenters. The Kier molecular flexibility index (Phi) is 3.14. The van der Waals surface area contributed by atoms with Crippen LogP contribution in [0.25, 0.3) is 0 Å². The Morgan fingerprint density at radius 1 is 1.57 bits per heavy atom. The van der Waals surface area contributed by atoms with Crippen LogP contribution in [0.2, 0.25) is 0 Å². The maximum Gasteiger partial charge on any atom is 0.148 e. The van der Waals surface area contributed by atoms with Crippen molar-refractivity contribution in [1.82, 2.24) is 0 Å². The Bertz CT molecular complexity index is 69.3. The van der Waals surface area contributed by atoms with Crippen molar-refractivity contribution < 1.29 is 14.7 Å². The normalized spacial score (nSPS) is 12.7. The molecule has 40 valence electrons. The summed E-state index contributed by atoms with van der Waals surface area (Å²) in [5.74, 6) is 0. The van der Waals surface area contributed by atoms with E-state index in [4.69, 9.17) is 5.11 Å². The molecule has 0 aliphatic rings. The fourth-order valence-electron chi connectivity index (χ4n) is 0.154. The number of rotatable bonds is 3. The summed E-state index contributed by atoms with van der Waals surface area (Å²) in [6.45, 7) is 0. The molecule has 3 nitrogen and oxygen atoms in total. The summed E-state index contributed by atoms with van der Waals surface area (Å²) in [6.07, 6.45) is -0.366. The number of carbonyl (C=O) groups excluding carboxylic acids is 2. The molecule has 0 aromatic rings. The molecular weight excluding hydrogens is 96.0 g/mol. The molecule has 0 aromatic carbocycles. The second-order valence-electron chi connectivity index (χ2n) is 1.11. The molecule has 0 heterocycles. The second-order valence-corrected chi connectivity index (χ2v) is 1.11. The van der Waals surface area contributed by atoms with Gasteiger partial charge in [-0.25, -0.2) is 0 Å². The number of aliphatic hydroxyl groups is 1. The van der Waals surface area contributed by atoms with Crippen molar-refractivity contribution >= 4 is 12.6 Å². The zero-order valence-electron chi connectivity index (χ0n) is 3.70. The summed E-state index contributed by atoms with van der Waals surface area (Å²) in [6, 6.07) is 0. The number of aldehydes is 2. The maximum absolute atomic E-state index is 9.49. The van der Waals surface area contributed by atoms with Gasteiger partial charge in [-0.15, -0.1) is 0 Å². The van der Waals surface area contributed by atoms with E-state index in [1.165, 1.54) is 0 Å². The van der Waals surface area contributed by atoms with Crippen LogP contribution in [0.15, 0.2) is 0 Å². The minimum absolute atomic E-state index is 0.0938. The molecule has 0 spiro atoms. The highest BCUT2D eigenvalue weighted by molar-refractivity contribution is 5.63. The topological polar surface area (TPSA) is 54.4 Å². The third-order valence-corrected chi connectivity index (χ3v) is 0.495. The molecule has 1 N–H and O–H groups in total. The van der Waals surface area contributed by atoms with E-state index in [0.717, 1.165) is 0 Å². The molecule has 3 heteroatoms. The first-order chi connectivity index (χ1) is 3.31. The van der Waals surface area contributed by atoms with Crippen molar-refractivity contribution in [3.8, 4) is 0 Å². The van der Waals surface area contributed by atoms with E-state index in [0.29, 0.717) is 12.6 Å². The summed E-state index contributed by atoms with van der Waals surface area (Å²) in [5, 5.41) is 8.26. The molecule has 7 heavy (non-hydrogen) atoms. The lowest BCUT2D eigenvalue weighted by Crippen LogP contribution is -2.07. The molecular formula is C4H6O3. The lowest BCUT2D eigenvalue weighted by molar-refractivity contribution is -0.119. The Labute approximate surface area is 41.0 Å². The van der Waals surface area contributed by atoms with Gasteiger partial charge in [0.25, 0.3) is 0 Å². The highest BCUT2D eigenvalue weighted by atomic mass is 16.3. The van der Waals surface area contributed by atoms with E-state index < -0.39 is 6.10 Å². The number of hydrogen-bond donors (Lipinski definition) is 1. The zero-order valence-corrected chi connectivity index (χ0v) is 3.70. The lowest BCUT2D eigenvalue weighted by atomic mass is 10.3. The Morgan fingerprint density at radius 2 is 2.14 bits per heavy atom. The van der Waals surface area contributed by atoms with Gasteiger partial charge in [-0.2, -0.15) is 0 Å². The van der Waals surface area contributed by atoms with Crippen molar-refractivity contribution in [1.29, 1.82) is 0 Å². The van der Waals surface area contributed by atoms with Gasteiger partial charge in [0.15, 0.2) is 0 Å². The van der Waals surface area contributed by atoms with Crippen molar-refractivity contribution in [3.05, 3.63) is 0 Å².